The minimum atomic E-state index is 1.24. The van der Waals surface area contributed by atoms with Crippen molar-refractivity contribution in [3.8, 4) is 44.5 Å². The molecule has 0 radical (unpaired) electrons. The van der Waals surface area contributed by atoms with Crippen LogP contribution in [0.4, 0.5) is 0 Å². The monoisotopic (exact) mass is 616 g/mol. The van der Waals surface area contributed by atoms with Crippen molar-refractivity contribution in [2.75, 3.05) is 0 Å². The van der Waals surface area contributed by atoms with E-state index in [-0.39, 0.29) is 0 Å². The number of hydrogen-bond acceptors (Lipinski definition) is 0. The Hall–Kier alpha value is -5.46. The van der Waals surface area contributed by atoms with Crippen LogP contribution in [0, 0.1) is 41.5 Å². The molecule has 232 valence electrons. The maximum Gasteiger partial charge on any atom is -0.000139 e. The lowest BCUT2D eigenvalue weighted by atomic mass is 9.77. The van der Waals surface area contributed by atoms with Gasteiger partial charge in [-0.3, -0.25) is 0 Å². The highest BCUT2D eigenvalue weighted by molar-refractivity contribution is 6.33. The predicted molar refractivity (Wildman–Crippen MR) is 209 cm³/mol. The van der Waals surface area contributed by atoms with Gasteiger partial charge in [0.25, 0.3) is 0 Å². The molecule has 48 heavy (non-hydrogen) atoms. The normalized spacial score (nSPS) is 11.5. The molecule has 8 rings (SSSR count). The minimum Gasteiger partial charge on any atom is -0.0587 e. The van der Waals surface area contributed by atoms with Crippen molar-refractivity contribution in [2.45, 2.75) is 41.5 Å². The largest absolute Gasteiger partial charge is 0.0587 e. The molecule has 0 bridgehead atoms. The second-order valence-electron chi connectivity index (χ2n) is 13.8. The average molecular weight is 617 g/mol. The van der Waals surface area contributed by atoms with Gasteiger partial charge in [0.15, 0.2) is 0 Å². The van der Waals surface area contributed by atoms with E-state index in [1.54, 1.807) is 0 Å². The van der Waals surface area contributed by atoms with Crippen LogP contribution in [0.15, 0.2) is 133 Å². The summed E-state index contributed by atoms with van der Waals surface area (Å²) in [5, 5.41) is 7.75. The van der Waals surface area contributed by atoms with E-state index in [2.05, 4.69) is 175 Å². The molecule has 0 aliphatic rings. The van der Waals surface area contributed by atoms with Crippen LogP contribution < -0.4 is 0 Å². The van der Waals surface area contributed by atoms with Gasteiger partial charge in [0.2, 0.25) is 0 Å². The first-order chi connectivity index (χ1) is 23.3. The summed E-state index contributed by atoms with van der Waals surface area (Å²) >= 11 is 0. The Morgan fingerprint density at radius 2 is 0.458 bits per heavy atom. The first-order valence-electron chi connectivity index (χ1n) is 17.0. The fourth-order valence-electron chi connectivity index (χ4n) is 7.53. The zero-order valence-corrected chi connectivity index (χ0v) is 28.7. The highest BCUT2D eigenvalue weighted by Crippen LogP contribution is 2.53. The van der Waals surface area contributed by atoms with Crippen molar-refractivity contribution in [1.29, 1.82) is 0 Å². The zero-order valence-electron chi connectivity index (χ0n) is 28.7. The van der Waals surface area contributed by atoms with Crippen molar-refractivity contribution in [1.82, 2.24) is 0 Å². The predicted octanol–water partition coefficient (Wildman–Crippen LogP) is 13.7. The third-order valence-corrected chi connectivity index (χ3v) is 10.0. The third-order valence-electron chi connectivity index (χ3n) is 10.0. The van der Waals surface area contributed by atoms with Crippen molar-refractivity contribution < 1.29 is 0 Å². The standard InChI is InChI=1S/C48H40/c1-29-7-17-35(18-8-29)43-39-25-15-33(5)27-41(39)46(38-23-13-32(4)14-24-38)48-44(36-19-9-30(2)10-20-36)40-26-16-34(6)28-42(40)45(47(43)48)37-21-11-31(3)12-22-37/h7-28H,1-6H3. The molecular weight excluding hydrogens is 577 g/mol. The van der Waals surface area contributed by atoms with Crippen LogP contribution in [-0.2, 0) is 0 Å². The molecular formula is C48H40. The highest BCUT2D eigenvalue weighted by Gasteiger charge is 2.26. The molecule has 0 heterocycles. The van der Waals surface area contributed by atoms with Gasteiger partial charge in [-0.2, -0.15) is 0 Å². The number of fused-ring (bicyclic) bond motifs is 3. The second-order valence-corrected chi connectivity index (χ2v) is 13.8. The molecule has 0 unspecified atom stereocenters. The Morgan fingerprint density at radius 1 is 0.229 bits per heavy atom. The number of aryl methyl sites for hydroxylation is 6. The summed E-state index contributed by atoms with van der Waals surface area (Å²) in [6, 6.07) is 50.7. The number of rotatable bonds is 4. The van der Waals surface area contributed by atoms with Gasteiger partial charge in [0.1, 0.15) is 0 Å². The van der Waals surface area contributed by atoms with Gasteiger partial charge in [-0.1, -0.05) is 167 Å². The lowest BCUT2D eigenvalue weighted by Crippen LogP contribution is -1.98. The van der Waals surface area contributed by atoms with Gasteiger partial charge >= 0.3 is 0 Å². The molecule has 8 aromatic carbocycles. The van der Waals surface area contributed by atoms with Crippen molar-refractivity contribution >= 4 is 32.3 Å². The average Bonchev–Trinajstić information content (AvgIpc) is 3.08. The summed E-state index contributed by atoms with van der Waals surface area (Å²) < 4.78 is 0. The Bertz CT molecular complexity index is 2310. The van der Waals surface area contributed by atoms with E-state index in [0.717, 1.165) is 0 Å². The van der Waals surface area contributed by atoms with Crippen molar-refractivity contribution in [3.63, 3.8) is 0 Å². The van der Waals surface area contributed by atoms with Crippen LogP contribution in [-0.4, -0.2) is 0 Å². The molecule has 0 nitrogen and oxygen atoms in total. The van der Waals surface area contributed by atoms with Crippen LogP contribution in [0.2, 0.25) is 0 Å². The van der Waals surface area contributed by atoms with E-state index >= 15 is 0 Å². The second kappa shape index (κ2) is 11.7. The van der Waals surface area contributed by atoms with Crippen molar-refractivity contribution in [2.24, 2.45) is 0 Å². The van der Waals surface area contributed by atoms with E-state index in [9.17, 15) is 0 Å². The van der Waals surface area contributed by atoms with Crippen LogP contribution in [0.25, 0.3) is 76.8 Å². The molecule has 0 aliphatic carbocycles. The molecule has 0 amide bonds. The first kappa shape index (κ1) is 29.9. The Morgan fingerprint density at radius 3 is 0.729 bits per heavy atom. The minimum absolute atomic E-state index is 1.24. The van der Waals surface area contributed by atoms with Gasteiger partial charge < -0.3 is 0 Å². The third kappa shape index (κ3) is 5.00. The smallest absolute Gasteiger partial charge is 0.000139 e. The van der Waals surface area contributed by atoms with E-state index in [4.69, 9.17) is 0 Å². The summed E-state index contributed by atoms with van der Waals surface area (Å²) in [7, 11) is 0. The van der Waals surface area contributed by atoms with E-state index in [1.165, 1.54) is 110 Å². The van der Waals surface area contributed by atoms with E-state index in [1.807, 2.05) is 0 Å². The van der Waals surface area contributed by atoms with Gasteiger partial charge in [-0.15, -0.1) is 0 Å². The van der Waals surface area contributed by atoms with Crippen LogP contribution in [0.3, 0.4) is 0 Å². The van der Waals surface area contributed by atoms with E-state index in [0.29, 0.717) is 0 Å². The fraction of sp³-hybridized carbons (Fsp3) is 0.125. The quantitative estimate of drug-likeness (QED) is 0.173. The first-order valence-corrected chi connectivity index (χ1v) is 17.0. The van der Waals surface area contributed by atoms with Gasteiger partial charge in [-0.05, 0) is 118 Å². The number of benzene rings is 8. The van der Waals surface area contributed by atoms with Crippen molar-refractivity contribution in [3.05, 3.63) is 167 Å². The highest BCUT2D eigenvalue weighted by atomic mass is 14.3. The molecule has 0 aliphatic heterocycles. The zero-order chi connectivity index (χ0) is 33.1. The SMILES string of the molecule is Cc1ccc(-c2c3ccc(C)cc3c(-c3ccc(C)cc3)c3c(-c4ccc(C)cc4)c4ccc(C)cc4c(-c4ccc(C)cc4)c23)cc1. The summed E-state index contributed by atoms with van der Waals surface area (Å²) in [5.74, 6) is 0. The molecule has 0 fully saturated rings. The Balaban J connectivity index is 1.76. The molecule has 0 saturated heterocycles. The summed E-state index contributed by atoms with van der Waals surface area (Å²) in [6.45, 7) is 13.1. The molecule has 0 atom stereocenters. The lowest BCUT2D eigenvalue weighted by molar-refractivity contribution is 1.46. The summed E-state index contributed by atoms with van der Waals surface area (Å²) in [6.07, 6.45) is 0. The van der Waals surface area contributed by atoms with Gasteiger partial charge in [-0.25, -0.2) is 0 Å². The fourth-order valence-corrected chi connectivity index (χ4v) is 7.53. The maximum absolute atomic E-state index is 2.41. The van der Waals surface area contributed by atoms with Gasteiger partial charge in [0, 0.05) is 0 Å². The van der Waals surface area contributed by atoms with Crippen LogP contribution >= 0.6 is 0 Å². The summed E-state index contributed by atoms with van der Waals surface area (Å²) in [4.78, 5) is 0. The Kier molecular flexibility index (Phi) is 7.26. The molecule has 0 saturated carbocycles. The molecule has 0 N–H and O–H groups in total. The molecule has 0 heteroatoms. The van der Waals surface area contributed by atoms with Crippen LogP contribution in [0.5, 0.6) is 0 Å². The maximum atomic E-state index is 2.41. The van der Waals surface area contributed by atoms with Crippen LogP contribution in [0.1, 0.15) is 33.4 Å². The molecule has 0 aromatic heterocycles. The topological polar surface area (TPSA) is 0 Å². The molecule has 0 spiro atoms. The lowest BCUT2D eigenvalue weighted by Gasteiger charge is -2.26. The summed E-state index contributed by atoms with van der Waals surface area (Å²) in [5.41, 5.74) is 17.7. The van der Waals surface area contributed by atoms with Gasteiger partial charge in [0.05, 0.1) is 0 Å². The molecule has 8 aromatic rings. The van der Waals surface area contributed by atoms with E-state index < -0.39 is 0 Å². The Labute approximate surface area is 284 Å². The number of hydrogen-bond donors (Lipinski definition) is 0.